The summed E-state index contributed by atoms with van der Waals surface area (Å²) in [5, 5.41) is 24.1. The third-order valence-electron chi connectivity index (χ3n) is 5.01. The summed E-state index contributed by atoms with van der Waals surface area (Å²) >= 11 is 0. The molecular weight excluding hydrogens is 354 g/mol. The van der Waals surface area contributed by atoms with Crippen molar-refractivity contribution in [2.75, 3.05) is 0 Å². The molecule has 5 nitrogen and oxygen atoms in total. The standard InChI is InChI=1S/C23H23NO4/c1-2-23(22(27)28,15-16-8-11-20(25)12-9-16)24-21(26)14-17-7-10-18-5-3-4-6-19(18)13-17/h3-13,25H,2,14-15H2,1H3,(H,24,26)(H,27,28)/t23-/m0/s1. The highest BCUT2D eigenvalue weighted by molar-refractivity contribution is 5.89. The van der Waals surface area contributed by atoms with Gasteiger partial charge in [-0.25, -0.2) is 4.79 Å². The Kier molecular flexibility index (Phi) is 5.64. The molecule has 0 bridgehead atoms. The van der Waals surface area contributed by atoms with Gasteiger partial charge in [-0.05, 0) is 40.5 Å². The molecule has 1 atom stereocenters. The Morgan fingerprint density at radius 3 is 2.21 bits per heavy atom. The topological polar surface area (TPSA) is 86.6 Å². The van der Waals surface area contributed by atoms with Crippen molar-refractivity contribution in [3.63, 3.8) is 0 Å². The van der Waals surface area contributed by atoms with Gasteiger partial charge in [0.15, 0.2) is 0 Å². The lowest BCUT2D eigenvalue weighted by atomic mass is 9.87. The first-order chi connectivity index (χ1) is 13.4. The third kappa shape index (κ3) is 4.31. The minimum atomic E-state index is -1.40. The number of rotatable bonds is 7. The fourth-order valence-corrected chi connectivity index (χ4v) is 3.35. The van der Waals surface area contributed by atoms with Crippen LogP contribution in [-0.4, -0.2) is 27.6 Å². The van der Waals surface area contributed by atoms with E-state index in [4.69, 9.17) is 0 Å². The number of fused-ring (bicyclic) bond motifs is 1. The molecule has 0 aliphatic carbocycles. The van der Waals surface area contributed by atoms with E-state index in [1.165, 1.54) is 12.1 Å². The highest BCUT2D eigenvalue weighted by atomic mass is 16.4. The second kappa shape index (κ2) is 8.13. The monoisotopic (exact) mass is 377 g/mol. The summed E-state index contributed by atoms with van der Waals surface area (Å²) in [7, 11) is 0. The van der Waals surface area contributed by atoms with E-state index in [1.807, 2.05) is 42.5 Å². The fourth-order valence-electron chi connectivity index (χ4n) is 3.35. The Labute approximate surface area is 163 Å². The zero-order valence-electron chi connectivity index (χ0n) is 15.7. The molecular formula is C23H23NO4. The van der Waals surface area contributed by atoms with Crippen LogP contribution >= 0.6 is 0 Å². The highest BCUT2D eigenvalue weighted by Gasteiger charge is 2.38. The average molecular weight is 377 g/mol. The van der Waals surface area contributed by atoms with Crippen LogP contribution in [0.5, 0.6) is 5.75 Å². The number of nitrogens with one attached hydrogen (secondary N) is 1. The van der Waals surface area contributed by atoms with Crippen molar-refractivity contribution in [3.8, 4) is 5.75 Å². The molecule has 28 heavy (non-hydrogen) atoms. The molecule has 0 aromatic heterocycles. The van der Waals surface area contributed by atoms with E-state index in [0.29, 0.717) is 0 Å². The van der Waals surface area contributed by atoms with Gasteiger partial charge >= 0.3 is 5.97 Å². The normalized spacial score (nSPS) is 13.0. The van der Waals surface area contributed by atoms with Crippen LogP contribution in [0.3, 0.4) is 0 Å². The molecule has 0 spiro atoms. The first-order valence-corrected chi connectivity index (χ1v) is 9.22. The first-order valence-electron chi connectivity index (χ1n) is 9.22. The predicted molar refractivity (Wildman–Crippen MR) is 108 cm³/mol. The number of hydrogen-bond acceptors (Lipinski definition) is 3. The number of carboxylic acids is 1. The fraction of sp³-hybridized carbons (Fsp3) is 0.217. The van der Waals surface area contributed by atoms with Gasteiger partial charge in [0.25, 0.3) is 0 Å². The van der Waals surface area contributed by atoms with Crippen molar-refractivity contribution in [1.29, 1.82) is 0 Å². The molecule has 3 aromatic carbocycles. The van der Waals surface area contributed by atoms with Gasteiger partial charge in [0.1, 0.15) is 11.3 Å². The average Bonchev–Trinajstić information content (AvgIpc) is 2.68. The van der Waals surface area contributed by atoms with Gasteiger partial charge in [0.2, 0.25) is 5.91 Å². The molecule has 0 aliphatic heterocycles. The Hall–Kier alpha value is -3.34. The van der Waals surface area contributed by atoms with E-state index in [2.05, 4.69) is 5.32 Å². The van der Waals surface area contributed by atoms with Gasteiger partial charge in [-0.2, -0.15) is 0 Å². The summed E-state index contributed by atoms with van der Waals surface area (Å²) in [6.07, 6.45) is 0.491. The molecule has 0 heterocycles. The first kappa shape index (κ1) is 19.4. The number of hydrogen-bond donors (Lipinski definition) is 3. The zero-order chi connectivity index (χ0) is 20.1. The number of aromatic hydroxyl groups is 1. The molecule has 1 amide bonds. The van der Waals surface area contributed by atoms with Crippen LogP contribution < -0.4 is 5.32 Å². The Morgan fingerprint density at radius 1 is 0.929 bits per heavy atom. The lowest BCUT2D eigenvalue weighted by Gasteiger charge is -2.29. The Balaban J connectivity index is 1.78. The number of carbonyl (C=O) groups excluding carboxylic acids is 1. The predicted octanol–water partition coefficient (Wildman–Crippen LogP) is 3.68. The summed E-state index contributed by atoms with van der Waals surface area (Å²) in [6, 6.07) is 20.0. The number of benzene rings is 3. The van der Waals surface area contributed by atoms with Gasteiger partial charge in [0.05, 0.1) is 6.42 Å². The maximum atomic E-state index is 12.7. The van der Waals surface area contributed by atoms with Gasteiger partial charge in [-0.3, -0.25) is 4.79 Å². The van der Waals surface area contributed by atoms with Crippen LogP contribution in [-0.2, 0) is 22.4 Å². The third-order valence-corrected chi connectivity index (χ3v) is 5.01. The second-order valence-electron chi connectivity index (χ2n) is 6.99. The molecule has 3 aromatic rings. The maximum absolute atomic E-state index is 12.7. The van der Waals surface area contributed by atoms with Gasteiger partial charge in [-0.15, -0.1) is 0 Å². The minimum absolute atomic E-state index is 0.107. The van der Waals surface area contributed by atoms with E-state index in [-0.39, 0.29) is 30.9 Å². The highest BCUT2D eigenvalue weighted by Crippen LogP contribution is 2.21. The quantitative estimate of drug-likeness (QED) is 0.586. The lowest BCUT2D eigenvalue weighted by Crippen LogP contribution is -2.56. The number of phenolic OH excluding ortho intramolecular Hbond substituents is 1. The molecule has 0 aliphatic rings. The molecule has 0 radical (unpaired) electrons. The molecule has 3 rings (SSSR count). The summed E-state index contributed by atoms with van der Waals surface area (Å²) < 4.78 is 0. The summed E-state index contributed by atoms with van der Waals surface area (Å²) in [4.78, 5) is 24.7. The van der Waals surface area contributed by atoms with Gasteiger partial charge in [-0.1, -0.05) is 61.5 Å². The smallest absolute Gasteiger partial charge is 0.329 e. The molecule has 0 unspecified atom stereocenters. The van der Waals surface area contributed by atoms with Crippen LogP contribution in [0.25, 0.3) is 10.8 Å². The lowest BCUT2D eigenvalue weighted by molar-refractivity contribution is -0.147. The van der Waals surface area contributed by atoms with Crippen LogP contribution in [0, 0.1) is 0 Å². The van der Waals surface area contributed by atoms with E-state index in [9.17, 15) is 19.8 Å². The molecule has 0 saturated heterocycles. The van der Waals surface area contributed by atoms with Gasteiger partial charge < -0.3 is 15.5 Å². The van der Waals surface area contributed by atoms with E-state index in [1.54, 1.807) is 19.1 Å². The Bertz CT molecular complexity index is 997. The van der Waals surface area contributed by atoms with Crippen molar-refractivity contribution in [2.45, 2.75) is 31.7 Å². The van der Waals surface area contributed by atoms with Crippen molar-refractivity contribution in [1.82, 2.24) is 5.32 Å². The minimum Gasteiger partial charge on any atom is -0.508 e. The van der Waals surface area contributed by atoms with Crippen molar-refractivity contribution in [3.05, 3.63) is 77.9 Å². The van der Waals surface area contributed by atoms with E-state index >= 15 is 0 Å². The molecule has 0 fully saturated rings. The van der Waals surface area contributed by atoms with Crippen molar-refractivity contribution < 1.29 is 19.8 Å². The van der Waals surface area contributed by atoms with Crippen LogP contribution in [0.4, 0.5) is 0 Å². The van der Waals surface area contributed by atoms with Crippen LogP contribution in [0.2, 0.25) is 0 Å². The van der Waals surface area contributed by atoms with Gasteiger partial charge in [0, 0.05) is 6.42 Å². The molecule has 0 saturated carbocycles. The number of amides is 1. The molecule has 5 heteroatoms. The number of aliphatic carboxylic acids is 1. The number of phenols is 1. The van der Waals surface area contributed by atoms with E-state index < -0.39 is 11.5 Å². The summed E-state index contributed by atoms with van der Waals surface area (Å²) in [5.41, 5.74) is 0.162. The summed E-state index contributed by atoms with van der Waals surface area (Å²) in [6.45, 7) is 1.74. The zero-order valence-corrected chi connectivity index (χ0v) is 15.7. The van der Waals surface area contributed by atoms with Crippen LogP contribution in [0.15, 0.2) is 66.7 Å². The SMILES string of the molecule is CC[C@@](Cc1ccc(O)cc1)(NC(=O)Cc1ccc2ccccc2c1)C(=O)O. The second-order valence-corrected chi connectivity index (χ2v) is 6.99. The van der Waals surface area contributed by atoms with Crippen molar-refractivity contribution >= 4 is 22.6 Å². The van der Waals surface area contributed by atoms with E-state index in [0.717, 1.165) is 21.9 Å². The molecule has 3 N–H and O–H groups in total. The molecule has 144 valence electrons. The number of carboxylic acid groups (broad SMARTS) is 1. The Morgan fingerprint density at radius 2 is 1.57 bits per heavy atom. The maximum Gasteiger partial charge on any atom is 0.329 e. The largest absolute Gasteiger partial charge is 0.508 e. The number of carbonyl (C=O) groups is 2. The summed E-state index contributed by atoms with van der Waals surface area (Å²) in [5.74, 6) is -1.30. The van der Waals surface area contributed by atoms with Crippen molar-refractivity contribution in [2.24, 2.45) is 0 Å². The van der Waals surface area contributed by atoms with Crippen LogP contribution in [0.1, 0.15) is 24.5 Å².